The van der Waals surface area contributed by atoms with E-state index in [0.717, 1.165) is 17.3 Å². The topological polar surface area (TPSA) is 85.7 Å². The average Bonchev–Trinajstić information content (AvgIpc) is 3.00. The highest BCUT2D eigenvalue weighted by Crippen LogP contribution is 2.29. The van der Waals surface area contributed by atoms with Crippen molar-refractivity contribution in [2.45, 2.75) is 46.3 Å². The van der Waals surface area contributed by atoms with Crippen molar-refractivity contribution in [1.82, 2.24) is 19.8 Å². The summed E-state index contributed by atoms with van der Waals surface area (Å²) < 4.78 is 13.0. The van der Waals surface area contributed by atoms with E-state index in [-0.39, 0.29) is 5.91 Å². The van der Waals surface area contributed by atoms with Gasteiger partial charge in [0, 0.05) is 32.4 Å². The number of nitrogens with zero attached hydrogens (tertiary/aromatic N) is 3. The Morgan fingerprint density at radius 1 is 1.32 bits per heavy atom. The molecular formula is C20H28N4O4. The van der Waals surface area contributed by atoms with Gasteiger partial charge in [0.25, 0.3) is 5.91 Å². The highest BCUT2D eigenvalue weighted by atomic mass is 16.6. The van der Waals surface area contributed by atoms with E-state index in [1.165, 1.54) is 0 Å². The van der Waals surface area contributed by atoms with Crippen molar-refractivity contribution in [3.8, 4) is 5.88 Å². The second kappa shape index (κ2) is 8.08. The Morgan fingerprint density at radius 3 is 2.82 bits per heavy atom. The van der Waals surface area contributed by atoms with Gasteiger partial charge in [-0.25, -0.2) is 9.78 Å². The predicted molar refractivity (Wildman–Crippen MR) is 106 cm³/mol. The van der Waals surface area contributed by atoms with Gasteiger partial charge in [-0.1, -0.05) is 6.92 Å². The van der Waals surface area contributed by atoms with Gasteiger partial charge in [0.1, 0.15) is 11.3 Å². The molecule has 1 aliphatic heterocycles. The van der Waals surface area contributed by atoms with Crippen molar-refractivity contribution in [3.63, 3.8) is 0 Å². The van der Waals surface area contributed by atoms with Crippen LogP contribution >= 0.6 is 0 Å². The van der Waals surface area contributed by atoms with Crippen LogP contribution in [0, 0.1) is 0 Å². The summed E-state index contributed by atoms with van der Waals surface area (Å²) in [7, 11) is 0. The molecule has 0 saturated carbocycles. The number of nitrogens with one attached hydrogen (secondary N) is 1. The molecule has 8 heteroatoms. The van der Waals surface area contributed by atoms with Gasteiger partial charge in [-0.2, -0.15) is 0 Å². The minimum Gasteiger partial charge on any atom is -0.477 e. The first-order valence-corrected chi connectivity index (χ1v) is 9.67. The number of alkyl carbamates (subject to hydrolysis) is 1. The zero-order valence-corrected chi connectivity index (χ0v) is 16.9. The van der Waals surface area contributed by atoms with Crippen LogP contribution in [0.2, 0.25) is 0 Å². The molecule has 2 aromatic rings. The van der Waals surface area contributed by atoms with E-state index in [4.69, 9.17) is 9.47 Å². The summed E-state index contributed by atoms with van der Waals surface area (Å²) in [5.74, 6) is 0.502. The van der Waals surface area contributed by atoms with E-state index in [1.54, 1.807) is 11.1 Å². The quantitative estimate of drug-likeness (QED) is 0.822. The molecule has 2 aromatic heterocycles. The van der Waals surface area contributed by atoms with E-state index in [1.807, 2.05) is 44.4 Å². The van der Waals surface area contributed by atoms with Gasteiger partial charge in [0.05, 0.1) is 17.5 Å². The van der Waals surface area contributed by atoms with Crippen molar-refractivity contribution in [1.29, 1.82) is 0 Å². The van der Waals surface area contributed by atoms with Crippen molar-refractivity contribution >= 4 is 22.9 Å². The molecule has 0 bridgehead atoms. The van der Waals surface area contributed by atoms with Crippen LogP contribution in [0.3, 0.4) is 0 Å². The molecule has 28 heavy (non-hydrogen) atoms. The van der Waals surface area contributed by atoms with E-state index in [9.17, 15) is 9.59 Å². The zero-order valence-electron chi connectivity index (χ0n) is 16.9. The van der Waals surface area contributed by atoms with Crippen LogP contribution in [0.1, 0.15) is 44.6 Å². The summed E-state index contributed by atoms with van der Waals surface area (Å²) >= 11 is 0. The summed E-state index contributed by atoms with van der Waals surface area (Å²) in [6.45, 7) is 10.1. The fourth-order valence-corrected chi connectivity index (χ4v) is 3.20. The van der Waals surface area contributed by atoms with Crippen molar-refractivity contribution in [2.75, 3.05) is 26.2 Å². The molecule has 0 fully saturated rings. The third-order valence-electron chi connectivity index (χ3n) is 4.39. The lowest BCUT2D eigenvalue weighted by Crippen LogP contribution is -2.44. The SMILES string of the molecule is CCCOc1nccc2c1cc1n2CCN(CCNC(=O)OC(C)(C)C)C1=O. The second-order valence-electron chi connectivity index (χ2n) is 7.80. The molecule has 1 aliphatic rings. The lowest BCUT2D eigenvalue weighted by Gasteiger charge is -2.29. The Morgan fingerprint density at radius 2 is 2.11 bits per heavy atom. The summed E-state index contributed by atoms with van der Waals surface area (Å²) in [4.78, 5) is 30.7. The minimum atomic E-state index is -0.544. The Bertz CT molecular complexity index is 869. The van der Waals surface area contributed by atoms with Gasteiger partial charge in [0.15, 0.2) is 0 Å². The Labute approximate surface area is 164 Å². The number of amides is 2. The molecule has 1 N–H and O–H groups in total. The summed E-state index contributed by atoms with van der Waals surface area (Å²) in [5.41, 5.74) is 1.03. The highest BCUT2D eigenvalue weighted by Gasteiger charge is 2.27. The molecule has 152 valence electrons. The minimum absolute atomic E-state index is 0.0603. The third kappa shape index (κ3) is 4.37. The first-order valence-electron chi connectivity index (χ1n) is 9.67. The molecule has 3 rings (SSSR count). The lowest BCUT2D eigenvalue weighted by atomic mass is 10.2. The maximum absolute atomic E-state index is 12.9. The number of hydrogen-bond acceptors (Lipinski definition) is 5. The molecule has 2 amide bonds. The number of ether oxygens (including phenoxy) is 2. The highest BCUT2D eigenvalue weighted by molar-refractivity contribution is 6.00. The number of aromatic nitrogens is 2. The third-order valence-corrected chi connectivity index (χ3v) is 4.39. The molecule has 0 unspecified atom stereocenters. The number of rotatable bonds is 6. The molecule has 0 saturated heterocycles. The molecule has 0 aromatic carbocycles. The number of hydrogen-bond donors (Lipinski definition) is 1. The predicted octanol–water partition coefficient (Wildman–Crippen LogP) is 2.81. The van der Waals surface area contributed by atoms with Crippen LogP contribution in [-0.4, -0.2) is 58.3 Å². The normalized spacial score (nSPS) is 14.1. The van der Waals surface area contributed by atoms with E-state index in [0.29, 0.717) is 44.4 Å². The van der Waals surface area contributed by atoms with Gasteiger partial charge in [-0.3, -0.25) is 4.79 Å². The summed E-state index contributed by atoms with van der Waals surface area (Å²) in [6.07, 6.45) is 2.13. The molecule has 0 atom stereocenters. The van der Waals surface area contributed by atoms with E-state index < -0.39 is 11.7 Å². The molecule has 0 aliphatic carbocycles. The van der Waals surface area contributed by atoms with Crippen molar-refractivity contribution < 1.29 is 19.1 Å². The molecule has 8 nitrogen and oxygen atoms in total. The molecule has 0 spiro atoms. The van der Waals surface area contributed by atoms with Crippen LogP contribution in [0.4, 0.5) is 4.79 Å². The maximum atomic E-state index is 12.9. The van der Waals surface area contributed by atoms with Crippen LogP contribution in [-0.2, 0) is 11.3 Å². The number of carbonyl (C=O) groups excluding carboxylic acids is 2. The number of fused-ring (bicyclic) bond motifs is 3. The Balaban J connectivity index is 1.68. The first kappa shape index (κ1) is 20.0. The van der Waals surface area contributed by atoms with Gasteiger partial charge in [-0.05, 0) is 39.3 Å². The lowest BCUT2D eigenvalue weighted by molar-refractivity contribution is 0.0509. The van der Waals surface area contributed by atoms with Crippen molar-refractivity contribution in [3.05, 3.63) is 24.0 Å². The zero-order chi connectivity index (χ0) is 20.3. The van der Waals surface area contributed by atoms with Crippen LogP contribution in [0.25, 0.3) is 10.9 Å². The van der Waals surface area contributed by atoms with E-state index in [2.05, 4.69) is 10.3 Å². The van der Waals surface area contributed by atoms with Gasteiger partial charge < -0.3 is 24.3 Å². The van der Waals surface area contributed by atoms with Gasteiger partial charge in [0.2, 0.25) is 5.88 Å². The Kier molecular flexibility index (Phi) is 5.76. The first-order chi connectivity index (χ1) is 13.3. The summed E-state index contributed by atoms with van der Waals surface area (Å²) in [6, 6.07) is 3.76. The smallest absolute Gasteiger partial charge is 0.407 e. The number of pyridine rings is 1. The van der Waals surface area contributed by atoms with E-state index >= 15 is 0 Å². The standard InChI is InChI=1S/C20H28N4O4/c1-5-12-27-17-14-13-16-18(25)23(9-8-22-19(26)28-20(2,3)4)10-11-24(16)15(14)6-7-21-17/h6-7,13H,5,8-12H2,1-4H3,(H,22,26). The van der Waals surface area contributed by atoms with Gasteiger partial charge in [-0.15, -0.1) is 0 Å². The Hall–Kier alpha value is -2.77. The number of carbonyl (C=O) groups is 2. The summed E-state index contributed by atoms with van der Waals surface area (Å²) in [5, 5.41) is 3.55. The van der Waals surface area contributed by atoms with Crippen LogP contribution in [0.15, 0.2) is 18.3 Å². The fraction of sp³-hybridized carbons (Fsp3) is 0.550. The molecular weight excluding hydrogens is 360 g/mol. The largest absolute Gasteiger partial charge is 0.477 e. The van der Waals surface area contributed by atoms with Crippen molar-refractivity contribution in [2.24, 2.45) is 0 Å². The molecule has 3 heterocycles. The van der Waals surface area contributed by atoms with Crippen LogP contribution in [0.5, 0.6) is 5.88 Å². The second-order valence-corrected chi connectivity index (χ2v) is 7.80. The fourth-order valence-electron chi connectivity index (χ4n) is 3.20. The molecule has 0 radical (unpaired) electrons. The monoisotopic (exact) mass is 388 g/mol. The van der Waals surface area contributed by atoms with Crippen LogP contribution < -0.4 is 10.1 Å². The maximum Gasteiger partial charge on any atom is 0.407 e. The average molecular weight is 388 g/mol. The van der Waals surface area contributed by atoms with Gasteiger partial charge >= 0.3 is 6.09 Å².